The van der Waals surface area contributed by atoms with Crippen LogP contribution in [-0.4, -0.2) is 53.4 Å². The zero-order valence-corrected chi connectivity index (χ0v) is 15.4. The summed E-state index contributed by atoms with van der Waals surface area (Å²) in [5.74, 6) is -0.0588. The molecule has 1 aliphatic heterocycles. The molecule has 0 radical (unpaired) electrons. The van der Waals surface area contributed by atoms with Crippen molar-refractivity contribution in [1.29, 1.82) is 0 Å². The van der Waals surface area contributed by atoms with Crippen LogP contribution in [0.4, 0.5) is 5.95 Å². The number of anilines is 1. The molecule has 0 unspecified atom stereocenters. The first-order chi connectivity index (χ1) is 11.4. The molecule has 1 aromatic rings. The number of rotatable bonds is 5. The largest absolute Gasteiger partial charge is 0.390 e. The maximum absolute atomic E-state index is 12.3. The molecule has 0 spiro atoms. The SMILES string of the molecule is C[SiH](C)[C@]1(n2cnc(N)nc2=O)C[C@H](O)[C@@H](COC2CCCC2)O1. The Morgan fingerprint density at radius 3 is 2.83 bits per heavy atom. The second kappa shape index (κ2) is 6.91. The molecule has 0 bridgehead atoms. The smallest absolute Gasteiger partial charge is 0.354 e. The standard InChI is InChI=1S/C15H26N4O4Si/c1-24(2)15(19-9-17-13(16)18-14(19)21)7-11(20)12(23-15)8-22-10-5-3-4-6-10/h9-12,20,24H,3-8H2,1-2H3,(H2,16,18,21)/t11-,12+,15-/m0/s1. The lowest BCUT2D eigenvalue weighted by atomic mass is 10.2. The summed E-state index contributed by atoms with van der Waals surface area (Å²) in [6.45, 7) is 4.50. The molecule has 1 aliphatic carbocycles. The van der Waals surface area contributed by atoms with Crippen LogP contribution in [0, 0.1) is 0 Å². The van der Waals surface area contributed by atoms with Gasteiger partial charge in [0, 0.05) is 6.42 Å². The summed E-state index contributed by atoms with van der Waals surface area (Å²) in [5.41, 5.74) is 4.99. The van der Waals surface area contributed by atoms with Gasteiger partial charge in [0.2, 0.25) is 5.95 Å². The second-order valence-corrected chi connectivity index (χ2v) is 10.2. The van der Waals surface area contributed by atoms with E-state index in [4.69, 9.17) is 15.2 Å². The number of nitrogen functional groups attached to an aromatic ring is 1. The van der Waals surface area contributed by atoms with Crippen LogP contribution in [0.15, 0.2) is 11.1 Å². The van der Waals surface area contributed by atoms with Crippen molar-refractivity contribution in [2.75, 3.05) is 12.3 Å². The maximum Gasteiger partial charge on any atom is 0.354 e. The van der Waals surface area contributed by atoms with Crippen LogP contribution < -0.4 is 11.4 Å². The predicted octanol–water partition coefficient (Wildman–Crippen LogP) is 0.00820. The molecule has 2 aliphatic rings. The highest BCUT2D eigenvalue weighted by molar-refractivity contribution is 6.58. The number of nitrogens with zero attached hydrogens (tertiary/aromatic N) is 3. The second-order valence-electron chi connectivity index (χ2n) is 7.03. The summed E-state index contributed by atoms with van der Waals surface area (Å²) in [5, 5.41) is 9.64. The number of hydrogen-bond acceptors (Lipinski definition) is 7. The number of ether oxygens (including phenoxy) is 2. The molecular formula is C15H26N4O4Si. The maximum atomic E-state index is 12.3. The summed E-state index contributed by atoms with van der Waals surface area (Å²) >= 11 is 0. The van der Waals surface area contributed by atoms with E-state index in [-0.39, 0.29) is 12.1 Å². The number of hydrogen-bond donors (Lipinski definition) is 2. The van der Waals surface area contributed by atoms with E-state index >= 15 is 0 Å². The van der Waals surface area contributed by atoms with Crippen molar-refractivity contribution < 1.29 is 14.6 Å². The third-order valence-corrected chi connectivity index (χ3v) is 7.57. The Balaban J connectivity index is 1.79. The highest BCUT2D eigenvalue weighted by Gasteiger charge is 2.50. The molecule has 24 heavy (non-hydrogen) atoms. The van der Waals surface area contributed by atoms with Crippen LogP contribution in [-0.2, 0) is 14.8 Å². The van der Waals surface area contributed by atoms with Crippen molar-refractivity contribution in [1.82, 2.24) is 14.5 Å². The fraction of sp³-hybridized carbons (Fsp3) is 0.800. The third kappa shape index (κ3) is 3.25. The molecular weight excluding hydrogens is 328 g/mol. The van der Waals surface area contributed by atoms with Gasteiger partial charge in [0.1, 0.15) is 17.8 Å². The van der Waals surface area contributed by atoms with Crippen LogP contribution in [0.5, 0.6) is 0 Å². The molecule has 1 saturated carbocycles. The first-order valence-corrected chi connectivity index (χ1v) is 11.5. The Morgan fingerprint density at radius 1 is 1.50 bits per heavy atom. The van der Waals surface area contributed by atoms with E-state index in [0.29, 0.717) is 13.0 Å². The fourth-order valence-electron chi connectivity index (χ4n) is 3.66. The molecule has 2 heterocycles. The fourth-order valence-corrected chi connectivity index (χ4v) is 5.56. The van der Waals surface area contributed by atoms with Crippen LogP contribution in [0.2, 0.25) is 13.1 Å². The van der Waals surface area contributed by atoms with Gasteiger partial charge >= 0.3 is 5.69 Å². The van der Waals surface area contributed by atoms with Crippen molar-refractivity contribution in [3.8, 4) is 0 Å². The third-order valence-electron chi connectivity index (χ3n) is 5.12. The average molecular weight is 354 g/mol. The van der Waals surface area contributed by atoms with Gasteiger partial charge in [0.15, 0.2) is 0 Å². The molecule has 3 atom stereocenters. The Morgan fingerprint density at radius 2 is 2.21 bits per heavy atom. The molecule has 0 amide bonds. The van der Waals surface area contributed by atoms with Crippen LogP contribution in [0.3, 0.4) is 0 Å². The van der Waals surface area contributed by atoms with E-state index in [9.17, 15) is 9.90 Å². The van der Waals surface area contributed by atoms with Gasteiger partial charge < -0.3 is 20.3 Å². The van der Waals surface area contributed by atoms with Crippen molar-refractivity contribution in [2.24, 2.45) is 0 Å². The van der Waals surface area contributed by atoms with E-state index in [0.717, 1.165) is 12.8 Å². The molecule has 0 aromatic carbocycles. The Hall–Kier alpha value is -1.29. The Kier molecular flexibility index (Phi) is 5.04. The zero-order chi connectivity index (χ0) is 17.3. The molecule has 1 saturated heterocycles. The van der Waals surface area contributed by atoms with E-state index in [1.54, 1.807) is 0 Å². The number of nitrogens with two attached hydrogens (primary N) is 1. The van der Waals surface area contributed by atoms with Gasteiger partial charge in [-0.15, -0.1) is 0 Å². The molecule has 1 aromatic heterocycles. The lowest BCUT2D eigenvalue weighted by Crippen LogP contribution is -2.51. The number of aromatic nitrogens is 3. The van der Waals surface area contributed by atoms with E-state index in [1.165, 1.54) is 23.7 Å². The minimum absolute atomic E-state index is 0.0588. The van der Waals surface area contributed by atoms with Gasteiger partial charge in [-0.1, -0.05) is 25.9 Å². The number of aliphatic hydroxyl groups excluding tert-OH is 1. The molecule has 9 heteroatoms. The van der Waals surface area contributed by atoms with Crippen LogP contribution in [0.25, 0.3) is 0 Å². The molecule has 2 fully saturated rings. The summed E-state index contributed by atoms with van der Waals surface area (Å²) in [7, 11) is -1.55. The average Bonchev–Trinajstić information content (AvgIpc) is 3.13. The highest BCUT2D eigenvalue weighted by atomic mass is 28.3. The first kappa shape index (κ1) is 17.5. The monoisotopic (exact) mass is 354 g/mol. The van der Waals surface area contributed by atoms with Gasteiger partial charge in [0.25, 0.3) is 0 Å². The lowest BCUT2D eigenvalue weighted by molar-refractivity contribution is -0.0986. The van der Waals surface area contributed by atoms with Gasteiger partial charge in [0.05, 0.1) is 27.6 Å². The summed E-state index contributed by atoms with van der Waals surface area (Å²) in [6, 6.07) is 0. The minimum atomic E-state index is -1.55. The quantitative estimate of drug-likeness (QED) is 0.716. The van der Waals surface area contributed by atoms with E-state index in [2.05, 4.69) is 23.1 Å². The van der Waals surface area contributed by atoms with E-state index in [1.807, 2.05) is 0 Å². The molecule has 8 nitrogen and oxygen atoms in total. The summed E-state index contributed by atoms with van der Waals surface area (Å²) in [6.07, 6.45) is 5.40. The number of aliphatic hydroxyl groups is 1. The molecule has 3 rings (SSSR count). The topological polar surface area (TPSA) is 112 Å². The van der Waals surface area contributed by atoms with Crippen molar-refractivity contribution in [3.05, 3.63) is 16.8 Å². The minimum Gasteiger partial charge on any atom is -0.390 e. The van der Waals surface area contributed by atoms with Crippen LogP contribution in [0.1, 0.15) is 32.1 Å². The normalized spacial score (nSPS) is 31.2. The van der Waals surface area contributed by atoms with Crippen molar-refractivity contribution in [3.63, 3.8) is 0 Å². The zero-order valence-electron chi connectivity index (χ0n) is 14.2. The molecule has 3 N–H and O–H groups in total. The van der Waals surface area contributed by atoms with Gasteiger partial charge in [-0.25, -0.2) is 9.78 Å². The summed E-state index contributed by atoms with van der Waals surface area (Å²) < 4.78 is 13.5. The Labute approximate surface area is 142 Å². The first-order valence-electron chi connectivity index (χ1n) is 8.61. The lowest BCUT2D eigenvalue weighted by Gasteiger charge is -2.34. The predicted molar refractivity (Wildman–Crippen MR) is 91.3 cm³/mol. The Bertz CT molecular complexity index is 634. The highest BCUT2D eigenvalue weighted by Crippen LogP contribution is 2.37. The van der Waals surface area contributed by atoms with Gasteiger partial charge in [-0.2, -0.15) is 4.98 Å². The van der Waals surface area contributed by atoms with E-state index < -0.39 is 32.0 Å². The van der Waals surface area contributed by atoms with Crippen LogP contribution >= 0.6 is 0 Å². The van der Waals surface area contributed by atoms with Gasteiger partial charge in [-0.05, 0) is 12.8 Å². The van der Waals surface area contributed by atoms with Crippen molar-refractivity contribution in [2.45, 2.75) is 68.9 Å². The van der Waals surface area contributed by atoms with Gasteiger partial charge in [-0.3, -0.25) is 4.57 Å². The van der Waals surface area contributed by atoms with Crippen molar-refractivity contribution >= 4 is 14.7 Å². The summed E-state index contributed by atoms with van der Waals surface area (Å²) in [4.78, 5) is 19.9. The molecule has 134 valence electrons.